The average molecular weight is 1370 g/mol. The van der Waals surface area contributed by atoms with Crippen molar-refractivity contribution in [3.05, 3.63) is 23.3 Å². The van der Waals surface area contributed by atoms with E-state index in [0.29, 0.717) is 10.8 Å². The van der Waals surface area contributed by atoms with Crippen LogP contribution in [0.3, 0.4) is 0 Å². The number of amides is 2. The fourth-order valence-electron chi connectivity index (χ4n) is 22.1. The second kappa shape index (κ2) is 42.6. The van der Waals surface area contributed by atoms with Crippen molar-refractivity contribution < 1.29 is 19.1 Å². The summed E-state index contributed by atoms with van der Waals surface area (Å²) in [5.41, 5.74) is 27.3. The second-order valence-electron chi connectivity index (χ2n) is 35.4. The number of nitrogens with one attached hydrogen (secondary N) is 4. The SMILES string of the molecule is CC(C)CCC[C@@H](C)[C@H]1CCC2C3CC=C4CC(OC(=O)N(CCCCNCCCN)CCCCNCCCN)CC[C@]4(C)C3CC[C@@]21C.CC(C)CCC[C@@H](C)[C@H]1CC[C@H]2[C@@H]3CC=C4CC(OC(=O)N(CCCCNCCCN)CCCCNCCCN)CC[C@]4(C)[C@H]3CC[C@]12C. The van der Waals surface area contributed by atoms with Crippen molar-refractivity contribution in [2.75, 3.05) is 105 Å². The number of carbonyl (C=O) groups is 2. The van der Waals surface area contributed by atoms with Crippen LogP contribution < -0.4 is 44.2 Å². The van der Waals surface area contributed by atoms with Gasteiger partial charge in [-0.05, 0) is 338 Å². The molecule has 0 aromatic carbocycles. The minimum Gasteiger partial charge on any atom is -0.446 e. The number of allylic oxidation sites excluding steroid dienone is 2. The average Bonchev–Trinajstić information content (AvgIpc) is 1.38. The van der Waals surface area contributed by atoms with E-state index >= 15 is 0 Å². The summed E-state index contributed by atoms with van der Waals surface area (Å²) >= 11 is 0. The predicted molar refractivity (Wildman–Crippen MR) is 413 cm³/mol. The number of fused-ring (bicyclic) bond motifs is 10. The van der Waals surface area contributed by atoms with E-state index in [1.54, 1.807) is 11.1 Å². The number of carbonyl (C=O) groups excluding carboxylic acids is 2. The molecular weight excluding hydrogens is 1210 g/mol. The highest BCUT2D eigenvalue weighted by atomic mass is 16.6. The first-order chi connectivity index (χ1) is 47.3. The van der Waals surface area contributed by atoms with Gasteiger partial charge in [-0.2, -0.15) is 0 Å². The first-order valence-electron chi connectivity index (χ1n) is 42.2. The third kappa shape index (κ3) is 23.3. The van der Waals surface area contributed by atoms with Crippen LogP contribution in [0, 0.1) is 92.7 Å². The summed E-state index contributed by atoms with van der Waals surface area (Å²) in [6, 6.07) is 0. The Morgan fingerprint density at radius 2 is 0.745 bits per heavy atom. The second-order valence-corrected chi connectivity index (χ2v) is 35.4. The molecule has 0 spiro atoms. The lowest BCUT2D eigenvalue weighted by Crippen LogP contribution is -2.51. The van der Waals surface area contributed by atoms with Crippen LogP contribution in [0.2, 0.25) is 0 Å². The molecule has 568 valence electrons. The van der Waals surface area contributed by atoms with Gasteiger partial charge in [0, 0.05) is 39.0 Å². The lowest BCUT2D eigenvalue weighted by molar-refractivity contribution is -0.0593. The third-order valence-corrected chi connectivity index (χ3v) is 27.9. The Morgan fingerprint density at radius 3 is 1.06 bits per heavy atom. The maximum absolute atomic E-state index is 13.7. The molecule has 5 unspecified atom stereocenters. The number of unbranched alkanes of at least 4 members (excludes halogenated alkanes) is 4. The number of ether oxygens (including phenoxy) is 2. The zero-order valence-electron chi connectivity index (χ0n) is 65.4. The highest BCUT2D eigenvalue weighted by molar-refractivity contribution is 5.68. The number of hydrogen-bond donors (Lipinski definition) is 8. The molecule has 0 aromatic rings. The van der Waals surface area contributed by atoms with Gasteiger partial charge in [-0.25, -0.2) is 9.59 Å². The Labute approximate surface area is 602 Å². The van der Waals surface area contributed by atoms with Crippen molar-refractivity contribution in [1.82, 2.24) is 31.1 Å². The lowest BCUT2D eigenvalue weighted by atomic mass is 9.47. The summed E-state index contributed by atoms with van der Waals surface area (Å²) in [5, 5.41) is 13.9. The largest absolute Gasteiger partial charge is 0.446 e. The summed E-state index contributed by atoms with van der Waals surface area (Å²) in [5.74, 6) is 10.2. The van der Waals surface area contributed by atoms with Crippen molar-refractivity contribution in [3.8, 4) is 0 Å². The van der Waals surface area contributed by atoms with E-state index in [4.69, 9.17) is 32.4 Å². The smallest absolute Gasteiger partial charge is 0.410 e. The molecule has 0 radical (unpaired) electrons. The summed E-state index contributed by atoms with van der Waals surface area (Å²) in [7, 11) is 0. The quantitative estimate of drug-likeness (QED) is 0.0212. The standard InChI is InChI=1S/2C42H79N5O2/c2*1-32(2)13-10-14-33(3)37-17-18-38-36-16-15-34-31-35(19-21-41(34,4)39(36)20-22-42(37,38)5)49-40(48)47(29-8-6-25-45-27-11-23-43)30-9-7-26-46-28-12-24-44/h2*15,32-33,35-39,45-46H,6-14,16-31,43-44H2,1-5H3/t33-,35?,36?,37-,38?,39?,41+,42-;33-,35?,36+,37-,38+,39+,41+,42-/m11/s1. The Kier molecular flexibility index (Phi) is 36.1. The van der Waals surface area contributed by atoms with Gasteiger partial charge in [-0.1, -0.05) is 131 Å². The van der Waals surface area contributed by atoms with E-state index in [1.165, 1.54) is 116 Å². The van der Waals surface area contributed by atoms with E-state index < -0.39 is 0 Å². The summed E-state index contributed by atoms with van der Waals surface area (Å²) in [6.07, 6.45) is 45.8. The van der Waals surface area contributed by atoms with Gasteiger partial charge in [-0.15, -0.1) is 0 Å². The van der Waals surface area contributed by atoms with Gasteiger partial charge in [0.1, 0.15) is 12.2 Å². The van der Waals surface area contributed by atoms with Crippen molar-refractivity contribution in [1.29, 1.82) is 0 Å². The van der Waals surface area contributed by atoms with Crippen molar-refractivity contribution in [3.63, 3.8) is 0 Å². The minimum absolute atomic E-state index is 0.0122. The maximum atomic E-state index is 13.7. The van der Waals surface area contributed by atoms with Gasteiger partial charge in [0.15, 0.2) is 0 Å². The molecule has 12 N–H and O–H groups in total. The fourth-order valence-corrected chi connectivity index (χ4v) is 22.1. The zero-order valence-corrected chi connectivity index (χ0v) is 65.4. The highest BCUT2D eigenvalue weighted by Crippen LogP contribution is 2.69. The van der Waals surface area contributed by atoms with Crippen LogP contribution in [0.25, 0.3) is 0 Å². The molecule has 6 saturated carbocycles. The van der Waals surface area contributed by atoms with E-state index in [9.17, 15) is 9.59 Å². The first kappa shape index (κ1) is 83.0. The maximum Gasteiger partial charge on any atom is 0.410 e. The normalized spacial score (nSPS) is 31.5. The van der Waals surface area contributed by atoms with Crippen molar-refractivity contribution in [2.24, 2.45) is 116 Å². The molecule has 8 aliphatic carbocycles. The number of nitrogens with two attached hydrogens (primary N) is 4. The molecule has 14 heteroatoms. The first-order valence-corrected chi connectivity index (χ1v) is 42.2. The Morgan fingerprint density at radius 1 is 0.418 bits per heavy atom. The fraction of sp³-hybridized carbons (Fsp3) is 0.929. The van der Waals surface area contributed by atoms with Crippen LogP contribution >= 0.6 is 0 Å². The highest BCUT2D eigenvalue weighted by Gasteiger charge is 2.61. The molecule has 8 aliphatic rings. The van der Waals surface area contributed by atoms with Gasteiger partial charge in [0.25, 0.3) is 0 Å². The molecule has 8 rings (SSSR count). The van der Waals surface area contributed by atoms with Gasteiger partial charge >= 0.3 is 12.2 Å². The van der Waals surface area contributed by atoms with Crippen LogP contribution in [0.5, 0.6) is 0 Å². The number of rotatable bonds is 44. The minimum atomic E-state index is -0.0944. The molecule has 0 saturated heterocycles. The topological polar surface area (TPSA) is 211 Å². The molecule has 16 atom stereocenters. The summed E-state index contributed by atoms with van der Waals surface area (Å²) in [6.45, 7) is 39.0. The van der Waals surface area contributed by atoms with Crippen LogP contribution in [0.4, 0.5) is 9.59 Å². The lowest BCUT2D eigenvalue weighted by Gasteiger charge is -2.58. The predicted octanol–water partition coefficient (Wildman–Crippen LogP) is 16.5. The number of hydrogen-bond acceptors (Lipinski definition) is 12. The van der Waals surface area contributed by atoms with Crippen LogP contribution in [0.1, 0.15) is 288 Å². The Balaban J connectivity index is 0.000000276. The molecule has 0 heterocycles. The van der Waals surface area contributed by atoms with Gasteiger partial charge in [0.2, 0.25) is 0 Å². The van der Waals surface area contributed by atoms with E-state index in [0.717, 1.165) is 278 Å². The van der Waals surface area contributed by atoms with Crippen LogP contribution in [0.15, 0.2) is 23.3 Å². The molecule has 14 nitrogen and oxygen atoms in total. The molecule has 2 amide bonds. The van der Waals surface area contributed by atoms with E-state index in [2.05, 4.69) is 103 Å². The summed E-state index contributed by atoms with van der Waals surface area (Å²) < 4.78 is 12.7. The molecule has 0 aliphatic heterocycles. The van der Waals surface area contributed by atoms with Gasteiger partial charge in [0.05, 0.1) is 0 Å². The Bertz CT molecular complexity index is 2130. The third-order valence-electron chi connectivity index (χ3n) is 27.9. The van der Waals surface area contributed by atoms with Gasteiger partial charge < -0.3 is 63.5 Å². The van der Waals surface area contributed by atoms with Crippen molar-refractivity contribution in [2.45, 2.75) is 300 Å². The Hall–Kier alpha value is -2.30. The zero-order chi connectivity index (χ0) is 70.6. The molecule has 98 heavy (non-hydrogen) atoms. The molecule has 0 bridgehead atoms. The molecular formula is C84H158N10O4. The summed E-state index contributed by atoms with van der Waals surface area (Å²) in [4.78, 5) is 31.3. The van der Waals surface area contributed by atoms with Crippen LogP contribution in [-0.2, 0) is 9.47 Å². The van der Waals surface area contributed by atoms with E-state index in [1.807, 2.05) is 9.80 Å². The van der Waals surface area contributed by atoms with Gasteiger partial charge in [-0.3, -0.25) is 0 Å². The van der Waals surface area contributed by atoms with Crippen LogP contribution in [-0.4, -0.2) is 139 Å². The number of nitrogens with zero attached hydrogens (tertiary/aromatic N) is 2. The van der Waals surface area contributed by atoms with Crippen molar-refractivity contribution >= 4 is 12.2 Å². The monoisotopic (exact) mass is 1370 g/mol. The molecule has 6 fully saturated rings. The molecule has 0 aromatic heterocycles. The van der Waals surface area contributed by atoms with E-state index in [-0.39, 0.29) is 35.2 Å².